The van der Waals surface area contributed by atoms with Crippen molar-refractivity contribution in [3.8, 4) is 0 Å². The van der Waals surface area contributed by atoms with Crippen LogP contribution in [0.25, 0.3) is 0 Å². The van der Waals surface area contributed by atoms with Crippen molar-refractivity contribution in [2.75, 3.05) is 52.1 Å². The molecule has 0 aromatic carbocycles. The molecule has 72 heavy (non-hydrogen) atoms. The van der Waals surface area contributed by atoms with Gasteiger partial charge in [-0.15, -0.1) is 0 Å². The number of Topliss-reactive ketones (excluding diaryl/α,β-unsaturated/α-hetero) is 3. The summed E-state index contributed by atoms with van der Waals surface area (Å²) in [5.41, 5.74) is 1.26. The first-order valence-corrected chi connectivity index (χ1v) is 28.1. The van der Waals surface area contributed by atoms with E-state index >= 15 is 0 Å². The van der Waals surface area contributed by atoms with Gasteiger partial charge < -0.3 is 48.3 Å². The van der Waals surface area contributed by atoms with E-state index in [1.807, 2.05) is 58.1 Å². The monoisotopic (exact) mass is 1130 g/mol. The number of ether oxygens (including phenoxy) is 7. The summed E-state index contributed by atoms with van der Waals surface area (Å²) < 4.78 is 42.9. The standard InChI is InChI=1S/C56H88INO14/c1-35-17-12-11-13-18-36(2)47(70-28-27-66-8)33-43-22-20-41(7)56(65,72-43)53(62)54(63)58-25-15-14-19-44(58)55(64)71-48(38(4)31-42-21-23-46(49(32-42)67-9)69-26-16-24-57)34-45(59)37(3)30-40(6)51(61)52(68-10)50(60)39(5)29-35/h11-13,17-18,30,35,37-39,41-44,46-49,51-52,61,65H,14-16,19-29,31-34H2,1-10H3/b13-11+,17-12+,36-18+,40-30+/t35-,37-,38-,39-,41-,42+,43+,44+,46-,47-,48+,49-,51-,52+,56-/m1/s1. The second-order valence-electron chi connectivity index (χ2n) is 21.1. The van der Waals surface area contributed by atoms with Crippen LogP contribution in [0, 0.1) is 35.5 Å². The lowest BCUT2D eigenvalue weighted by atomic mass is 9.78. The van der Waals surface area contributed by atoms with E-state index in [0.717, 1.165) is 35.7 Å². The third-order valence-electron chi connectivity index (χ3n) is 15.4. The van der Waals surface area contributed by atoms with E-state index in [2.05, 4.69) is 22.6 Å². The van der Waals surface area contributed by atoms with E-state index < -0.39 is 77.8 Å². The third kappa shape index (κ3) is 17.7. The highest BCUT2D eigenvalue weighted by Gasteiger charge is 2.53. The van der Waals surface area contributed by atoms with Gasteiger partial charge in [0.25, 0.3) is 11.7 Å². The van der Waals surface area contributed by atoms with Crippen molar-refractivity contribution in [1.29, 1.82) is 0 Å². The fourth-order valence-electron chi connectivity index (χ4n) is 10.8. The van der Waals surface area contributed by atoms with Crippen LogP contribution in [0.15, 0.2) is 47.6 Å². The molecule has 3 aliphatic heterocycles. The Morgan fingerprint density at radius 1 is 0.847 bits per heavy atom. The summed E-state index contributed by atoms with van der Waals surface area (Å²) in [6.45, 7) is 14.2. The van der Waals surface area contributed by atoms with E-state index in [9.17, 15) is 34.2 Å². The molecule has 2 saturated heterocycles. The van der Waals surface area contributed by atoms with Gasteiger partial charge in [0, 0.05) is 69.5 Å². The highest BCUT2D eigenvalue weighted by Crippen LogP contribution is 2.38. The molecule has 1 aliphatic carbocycles. The Hall–Kier alpha value is -2.68. The van der Waals surface area contributed by atoms with Crippen LogP contribution in [-0.2, 0) is 57.1 Å². The quantitative estimate of drug-likeness (QED) is 0.0449. The Morgan fingerprint density at radius 2 is 1.60 bits per heavy atom. The van der Waals surface area contributed by atoms with E-state index in [0.29, 0.717) is 57.3 Å². The second kappa shape index (κ2) is 30.8. The van der Waals surface area contributed by atoms with Crippen molar-refractivity contribution in [3.63, 3.8) is 0 Å². The summed E-state index contributed by atoms with van der Waals surface area (Å²) in [7, 11) is 4.67. The molecule has 4 rings (SSSR count). The minimum atomic E-state index is -2.45. The molecule has 4 aliphatic rings. The highest BCUT2D eigenvalue weighted by molar-refractivity contribution is 14.1. The number of halogens is 1. The van der Waals surface area contributed by atoms with Crippen LogP contribution in [0.5, 0.6) is 0 Å². The van der Waals surface area contributed by atoms with Crippen molar-refractivity contribution in [2.45, 2.75) is 186 Å². The lowest BCUT2D eigenvalue weighted by Gasteiger charge is -2.43. The molecule has 3 heterocycles. The Labute approximate surface area is 443 Å². The first-order chi connectivity index (χ1) is 34.3. The Balaban J connectivity index is 1.71. The first kappa shape index (κ1) is 61.9. The van der Waals surface area contributed by atoms with Crippen molar-refractivity contribution in [1.82, 2.24) is 4.90 Å². The van der Waals surface area contributed by atoms with Crippen LogP contribution < -0.4 is 0 Å². The van der Waals surface area contributed by atoms with Gasteiger partial charge >= 0.3 is 5.97 Å². The maximum absolute atomic E-state index is 14.6. The minimum absolute atomic E-state index is 0.00824. The number of fused-ring (bicyclic) bond motifs is 3. The van der Waals surface area contributed by atoms with E-state index in [4.69, 9.17) is 33.2 Å². The van der Waals surface area contributed by atoms with Gasteiger partial charge in [0.05, 0.1) is 37.6 Å². The fraction of sp³-hybridized carbons (Fsp3) is 0.768. The summed E-state index contributed by atoms with van der Waals surface area (Å²) in [5.74, 6) is -7.85. The SMILES string of the molecule is COCCO[C@@H]1C[C@@H]2CC[C@@H](C)[C@@](O)(O2)C(=O)C(=O)N2CCCC[C@H]2C(=O)O[C@H]([C@H](C)C[C@@H]2CC[C@@H](OCCCI)[C@H](OC)C2)CC(=O)[C@H](C)/C=C(\C)[C@@H](O)[C@@H](OC)C(=O)[C@H](C)C[C@H](C)/C=C/C=C/C=C/1C. The second-order valence-corrected chi connectivity index (χ2v) is 22.2. The van der Waals surface area contributed by atoms with Crippen LogP contribution >= 0.6 is 22.6 Å². The number of alkyl halides is 1. The Morgan fingerprint density at radius 3 is 2.29 bits per heavy atom. The number of hydrogen-bond donors (Lipinski definition) is 2. The zero-order chi connectivity index (χ0) is 53.1. The molecule has 1 amide bonds. The zero-order valence-electron chi connectivity index (χ0n) is 44.9. The largest absolute Gasteiger partial charge is 0.460 e. The molecule has 408 valence electrons. The number of aliphatic hydroxyl groups excluding tert-OH is 1. The summed E-state index contributed by atoms with van der Waals surface area (Å²) in [6.07, 6.45) is 13.5. The summed E-state index contributed by atoms with van der Waals surface area (Å²) >= 11 is 2.34. The maximum atomic E-state index is 14.6. The zero-order valence-corrected chi connectivity index (χ0v) is 47.1. The number of amides is 1. The van der Waals surface area contributed by atoms with E-state index in [-0.39, 0.29) is 73.9 Å². The Bertz CT molecular complexity index is 1890. The van der Waals surface area contributed by atoms with Crippen LogP contribution in [0.3, 0.4) is 0 Å². The number of carbonyl (C=O) groups excluding carboxylic acids is 5. The number of cyclic esters (lactones) is 1. The molecular weight excluding hydrogens is 1040 g/mol. The van der Waals surface area contributed by atoms with Crippen molar-refractivity contribution >= 4 is 51.8 Å². The normalized spacial score (nSPS) is 37.7. The van der Waals surface area contributed by atoms with E-state index in [1.165, 1.54) is 12.0 Å². The number of hydrogen-bond acceptors (Lipinski definition) is 14. The van der Waals surface area contributed by atoms with Crippen LogP contribution in [0.1, 0.15) is 132 Å². The van der Waals surface area contributed by atoms with Gasteiger partial charge in [-0.2, -0.15) is 0 Å². The third-order valence-corrected chi connectivity index (χ3v) is 16.1. The van der Waals surface area contributed by atoms with Gasteiger partial charge in [-0.05, 0) is 113 Å². The van der Waals surface area contributed by atoms with Crippen molar-refractivity contribution < 1.29 is 67.3 Å². The van der Waals surface area contributed by atoms with E-state index in [1.54, 1.807) is 41.1 Å². The lowest BCUT2D eigenvalue weighted by molar-refractivity contribution is -0.266. The number of carbonyl (C=O) groups is 5. The number of methoxy groups -OCH3 is 3. The fourth-order valence-corrected chi connectivity index (χ4v) is 11.1. The summed E-state index contributed by atoms with van der Waals surface area (Å²) in [4.78, 5) is 72.7. The number of ketones is 3. The smallest absolute Gasteiger partial charge is 0.329 e. The van der Waals surface area contributed by atoms with Gasteiger partial charge in [0.1, 0.15) is 30.1 Å². The van der Waals surface area contributed by atoms with Gasteiger partial charge in [-0.1, -0.05) is 93.7 Å². The number of allylic oxidation sites excluding steroid dienone is 6. The molecule has 0 spiro atoms. The molecule has 2 bridgehead atoms. The highest BCUT2D eigenvalue weighted by atomic mass is 127. The molecule has 15 nitrogen and oxygen atoms in total. The van der Waals surface area contributed by atoms with Crippen LogP contribution in [0.2, 0.25) is 0 Å². The minimum Gasteiger partial charge on any atom is -0.460 e. The molecular formula is C56H88INO14. The molecule has 15 atom stereocenters. The predicted molar refractivity (Wildman–Crippen MR) is 283 cm³/mol. The number of piperidine rings is 1. The lowest BCUT2D eigenvalue weighted by Crippen LogP contribution is -2.61. The molecule has 0 aromatic rings. The topological polar surface area (TPSA) is 194 Å². The van der Waals surface area contributed by atoms with Crippen molar-refractivity contribution in [3.05, 3.63) is 47.6 Å². The van der Waals surface area contributed by atoms with Gasteiger partial charge in [-0.25, -0.2) is 4.79 Å². The van der Waals surface area contributed by atoms with Crippen molar-refractivity contribution in [2.24, 2.45) is 35.5 Å². The number of aliphatic hydroxyl groups is 2. The van der Waals surface area contributed by atoms with Gasteiger partial charge in [-0.3, -0.25) is 19.2 Å². The van der Waals surface area contributed by atoms with Gasteiger partial charge in [0.2, 0.25) is 5.79 Å². The number of nitrogens with zero attached hydrogens (tertiary/aromatic N) is 1. The van der Waals surface area contributed by atoms with Crippen LogP contribution in [0.4, 0.5) is 0 Å². The number of rotatable bonds is 13. The average Bonchev–Trinajstić information content (AvgIpc) is 3.36. The summed E-state index contributed by atoms with van der Waals surface area (Å²) in [5, 5.41) is 23.6. The molecule has 1 saturated carbocycles. The molecule has 0 unspecified atom stereocenters. The number of esters is 1. The maximum Gasteiger partial charge on any atom is 0.329 e. The molecule has 2 N–H and O–H groups in total. The average molecular weight is 1130 g/mol. The van der Waals surface area contributed by atoms with Gasteiger partial charge in [0.15, 0.2) is 5.78 Å². The molecule has 3 fully saturated rings. The molecule has 0 radical (unpaired) electrons. The predicted octanol–water partition coefficient (Wildman–Crippen LogP) is 8.05. The summed E-state index contributed by atoms with van der Waals surface area (Å²) in [6, 6.07) is -1.14. The Kier molecular flexibility index (Phi) is 26.4. The molecule has 16 heteroatoms. The molecule has 0 aromatic heterocycles. The first-order valence-electron chi connectivity index (χ1n) is 26.5. The van der Waals surface area contributed by atoms with Crippen LogP contribution in [-0.4, -0.2) is 151 Å².